The van der Waals surface area contributed by atoms with Crippen LogP contribution in [0.2, 0.25) is 0 Å². The van der Waals surface area contributed by atoms with Gasteiger partial charge in [-0.05, 0) is 6.07 Å². The summed E-state index contributed by atoms with van der Waals surface area (Å²) in [7, 11) is 0. The van der Waals surface area contributed by atoms with Crippen LogP contribution in [-0.2, 0) is 11.3 Å². The highest BCUT2D eigenvalue weighted by Crippen LogP contribution is 2.16. The zero-order valence-corrected chi connectivity index (χ0v) is 7.63. The Kier molecular flexibility index (Phi) is 2.41. The number of hydrogen-bond donors (Lipinski definition) is 1. The van der Waals surface area contributed by atoms with Crippen LogP contribution < -0.4 is 0 Å². The third-order valence-electron chi connectivity index (χ3n) is 2.29. The molecule has 2 heterocycles. The lowest BCUT2D eigenvalue weighted by atomic mass is 10.0. The summed E-state index contributed by atoms with van der Waals surface area (Å²) in [5.41, 5.74) is 0. The number of carboxylic acid groups (broad SMARTS) is 1. The maximum absolute atomic E-state index is 10.5. The summed E-state index contributed by atoms with van der Waals surface area (Å²) in [5.74, 6) is -0.176. The average Bonchev–Trinajstić information content (AvgIpc) is 2.12. The highest BCUT2D eigenvalue weighted by Gasteiger charge is 2.32. The molecule has 1 saturated heterocycles. The SMILES string of the molecule is O=C(O)C1CN(Cc2ncccn2)C1. The van der Waals surface area contributed by atoms with E-state index >= 15 is 0 Å². The van der Waals surface area contributed by atoms with Crippen LogP contribution in [0.4, 0.5) is 0 Å². The molecule has 5 nitrogen and oxygen atoms in total. The van der Waals surface area contributed by atoms with Gasteiger partial charge in [-0.3, -0.25) is 9.69 Å². The fraction of sp³-hybridized carbons (Fsp3) is 0.444. The lowest BCUT2D eigenvalue weighted by molar-refractivity contribution is -0.147. The van der Waals surface area contributed by atoms with Crippen LogP contribution >= 0.6 is 0 Å². The molecule has 0 spiro atoms. The number of aliphatic carboxylic acids is 1. The summed E-state index contributed by atoms with van der Waals surface area (Å²) in [6.07, 6.45) is 3.38. The minimum atomic E-state index is -0.713. The summed E-state index contributed by atoms with van der Waals surface area (Å²) in [6, 6.07) is 1.76. The van der Waals surface area contributed by atoms with Crippen molar-refractivity contribution in [1.29, 1.82) is 0 Å². The molecule has 74 valence electrons. The van der Waals surface area contributed by atoms with Gasteiger partial charge in [-0.15, -0.1) is 0 Å². The molecule has 0 aliphatic carbocycles. The molecule has 0 aromatic carbocycles. The van der Waals surface area contributed by atoms with Crippen molar-refractivity contribution in [3.05, 3.63) is 24.3 Å². The normalized spacial score (nSPS) is 17.7. The molecule has 5 heteroatoms. The minimum absolute atomic E-state index is 0.210. The van der Waals surface area contributed by atoms with Crippen LogP contribution in [0.5, 0.6) is 0 Å². The molecule has 2 rings (SSSR count). The van der Waals surface area contributed by atoms with Crippen molar-refractivity contribution in [2.24, 2.45) is 5.92 Å². The fourth-order valence-corrected chi connectivity index (χ4v) is 1.47. The van der Waals surface area contributed by atoms with Crippen molar-refractivity contribution >= 4 is 5.97 Å². The van der Waals surface area contributed by atoms with Gasteiger partial charge in [-0.1, -0.05) is 0 Å². The summed E-state index contributed by atoms with van der Waals surface area (Å²) in [4.78, 5) is 20.7. The number of nitrogens with zero attached hydrogens (tertiary/aromatic N) is 3. The number of aromatic nitrogens is 2. The Morgan fingerprint density at radius 3 is 2.71 bits per heavy atom. The summed E-state index contributed by atoms with van der Waals surface area (Å²) in [6.45, 7) is 1.85. The standard InChI is InChI=1S/C9H11N3O2/c13-9(14)7-4-12(5-7)6-8-10-2-1-3-11-8/h1-3,7H,4-6H2,(H,13,14). The van der Waals surface area contributed by atoms with Crippen molar-refractivity contribution in [2.75, 3.05) is 13.1 Å². The van der Waals surface area contributed by atoms with Gasteiger partial charge in [0.25, 0.3) is 0 Å². The summed E-state index contributed by atoms with van der Waals surface area (Å²) in [5, 5.41) is 8.66. The molecule has 1 N–H and O–H groups in total. The van der Waals surface area contributed by atoms with Gasteiger partial charge in [0.05, 0.1) is 12.5 Å². The first kappa shape index (κ1) is 9.08. The molecular weight excluding hydrogens is 182 g/mol. The van der Waals surface area contributed by atoms with E-state index in [4.69, 9.17) is 5.11 Å². The van der Waals surface area contributed by atoms with E-state index in [1.807, 2.05) is 4.90 Å². The molecule has 1 aromatic heterocycles. The van der Waals surface area contributed by atoms with Crippen LogP contribution in [0.1, 0.15) is 5.82 Å². The summed E-state index contributed by atoms with van der Waals surface area (Å²) < 4.78 is 0. The van der Waals surface area contributed by atoms with Crippen molar-refractivity contribution in [3.63, 3.8) is 0 Å². The highest BCUT2D eigenvalue weighted by atomic mass is 16.4. The largest absolute Gasteiger partial charge is 0.481 e. The maximum Gasteiger partial charge on any atom is 0.309 e. The number of likely N-dealkylation sites (tertiary alicyclic amines) is 1. The van der Waals surface area contributed by atoms with E-state index in [0.29, 0.717) is 19.6 Å². The van der Waals surface area contributed by atoms with E-state index in [-0.39, 0.29) is 5.92 Å². The smallest absolute Gasteiger partial charge is 0.309 e. The predicted molar refractivity (Wildman–Crippen MR) is 48.4 cm³/mol. The van der Waals surface area contributed by atoms with E-state index in [9.17, 15) is 4.79 Å². The van der Waals surface area contributed by atoms with E-state index in [1.165, 1.54) is 0 Å². The Bertz CT molecular complexity index is 322. The molecule has 0 amide bonds. The minimum Gasteiger partial charge on any atom is -0.481 e. The Morgan fingerprint density at radius 1 is 1.50 bits per heavy atom. The molecule has 1 aliphatic heterocycles. The number of hydrogen-bond acceptors (Lipinski definition) is 4. The Labute approximate surface area is 81.4 Å². The average molecular weight is 193 g/mol. The zero-order valence-electron chi connectivity index (χ0n) is 7.63. The number of carboxylic acids is 1. The van der Waals surface area contributed by atoms with Gasteiger partial charge in [-0.2, -0.15) is 0 Å². The second-order valence-electron chi connectivity index (χ2n) is 3.39. The molecule has 0 radical (unpaired) electrons. The maximum atomic E-state index is 10.5. The van der Waals surface area contributed by atoms with Crippen LogP contribution in [0.3, 0.4) is 0 Å². The third-order valence-corrected chi connectivity index (χ3v) is 2.29. The quantitative estimate of drug-likeness (QED) is 0.731. The lowest BCUT2D eigenvalue weighted by Gasteiger charge is -2.35. The monoisotopic (exact) mass is 193 g/mol. The molecule has 1 aliphatic rings. The highest BCUT2D eigenvalue weighted by molar-refractivity contribution is 5.71. The molecule has 0 atom stereocenters. The van der Waals surface area contributed by atoms with E-state index in [0.717, 1.165) is 5.82 Å². The van der Waals surface area contributed by atoms with Crippen LogP contribution in [0, 0.1) is 5.92 Å². The van der Waals surface area contributed by atoms with Gasteiger partial charge in [0.15, 0.2) is 0 Å². The number of carbonyl (C=O) groups is 1. The van der Waals surface area contributed by atoms with E-state index in [1.54, 1.807) is 18.5 Å². The van der Waals surface area contributed by atoms with Crippen molar-refractivity contribution in [2.45, 2.75) is 6.54 Å². The molecule has 0 saturated carbocycles. The van der Waals surface area contributed by atoms with Crippen molar-refractivity contribution in [1.82, 2.24) is 14.9 Å². The van der Waals surface area contributed by atoms with Gasteiger partial charge in [0, 0.05) is 25.5 Å². The van der Waals surface area contributed by atoms with Gasteiger partial charge < -0.3 is 5.11 Å². The van der Waals surface area contributed by atoms with Crippen LogP contribution in [-0.4, -0.2) is 39.0 Å². The fourth-order valence-electron chi connectivity index (χ4n) is 1.47. The lowest BCUT2D eigenvalue weighted by Crippen LogP contribution is -2.49. The molecule has 0 unspecified atom stereocenters. The summed E-state index contributed by atoms with van der Waals surface area (Å²) >= 11 is 0. The number of rotatable bonds is 3. The second-order valence-corrected chi connectivity index (χ2v) is 3.39. The van der Waals surface area contributed by atoms with Gasteiger partial charge in [0.1, 0.15) is 5.82 Å². The first-order valence-corrected chi connectivity index (χ1v) is 4.47. The van der Waals surface area contributed by atoms with Crippen LogP contribution in [0.15, 0.2) is 18.5 Å². The second kappa shape index (κ2) is 3.71. The third kappa shape index (κ3) is 1.88. The van der Waals surface area contributed by atoms with Gasteiger partial charge in [-0.25, -0.2) is 9.97 Å². The van der Waals surface area contributed by atoms with Gasteiger partial charge >= 0.3 is 5.97 Å². The van der Waals surface area contributed by atoms with E-state index < -0.39 is 5.97 Å². The topological polar surface area (TPSA) is 66.3 Å². The first-order valence-electron chi connectivity index (χ1n) is 4.47. The van der Waals surface area contributed by atoms with Crippen molar-refractivity contribution < 1.29 is 9.90 Å². The predicted octanol–water partition coefficient (Wildman–Crippen LogP) is -0.00700. The van der Waals surface area contributed by atoms with Crippen LogP contribution in [0.25, 0.3) is 0 Å². The molecular formula is C9H11N3O2. The zero-order chi connectivity index (χ0) is 9.97. The van der Waals surface area contributed by atoms with E-state index in [2.05, 4.69) is 9.97 Å². The molecule has 1 aromatic rings. The molecule has 1 fully saturated rings. The Hall–Kier alpha value is -1.49. The van der Waals surface area contributed by atoms with Gasteiger partial charge in [0.2, 0.25) is 0 Å². The molecule has 0 bridgehead atoms. The Balaban J connectivity index is 1.82. The molecule has 14 heavy (non-hydrogen) atoms. The first-order chi connectivity index (χ1) is 6.75. The van der Waals surface area contributed by atoms with Crippen molar-refractivity contribution in [3.8, 4) is 0 Å². The Morgan fingerprint density at radius 2 is 2.14 bits per heavy atom.